The van der Waals surface area contributed by atoms with Gasteiger partial charge in [0.1, 0.15) is 0 Å². The van der Waals surface area contributed by atoms with Gasteiger partial charge in [-0.2, -0.15) is 0 Å². The van der Waals surface area contributed by atoms with Crippen LogP contribution < -0.4 is 16.8 Å². The zero-order chi connectivity index (χ0) is 12.5. The zero-order valence-corrected chi connectivity index (χ0v) is 10.7. The van der Waals surface area contributed by atoms with Crippen molar-refractivity contribution >= 4 is 5.91 Å². The van der Waals surface area contributed by atoms with Crippen molar-refractivity contribution in [2.75, 3.05) is 32.8 Å². The Kier molecular flexibility index (Phi) is 7.16. The van der Waals surface area contributed by atoms with Crippen molar-refractivity contribution in [2.45, 2.75) is 32.1 Å². The van der Waals surface area contributed by atoms with Crippen LogP contribution in [0.1, 0.15) is 32.1 Å². The van der Waals surface area contributed by atoms with E-state index in [9.17, 15) is 4.79 Å². The van der Waals surface area contributed by atoms with Crippen LogP contribution in [0, 0.1) is 5.92 Å². The number of piperidine rings is 2. The van der Waals surface area contributed by atoms with Gasteiger partial charge >= 0.3 is 0 Å². The Bertz CT molecular complexity index is 199. The van der Waals surface area contributed by atoms with Crippen LogP contribution in [0.4, 0.5) is 0 Å². The van der Waals surface area contributed by atoms with Crippen molar-refractivity contribution in [3.63, 3.8) is 0 Å². The lowest BCUT2D eigenvalue weighted by Gasteiger charge is -2.28. The predicted molar refractivity (Wildman–Crippen MR) is 69.3 cm³/mol. The number of nitrogens with two attached hydrogens (primary N) is 2. The summed E-state index contributed by atoms with van der Waals surface area (Å²) in [6.45, 7) is 4.90. The van der Waals surface area contributed by atoms with Gasteiger partial charge in [-0.3, -0.25) is 9.69 Å². The second-order valence-corrected chi connectivity index (χ2v) is 4.79. The molecule has 0 aromatic rings. The number of nitrogens with one attached hydrogen (secondary N) is 1. The standard InChI is InChI=1S/C7H15N3O.C5H11N/c8-5-10-3-1-6(2-4-10)7(9)11;1-2-4-6-5-3-1/h6H,1-5,8H2,(H2,9,11);6H,1-5H2. The molecule has 0 atom stereocenters. The normalized spacial score (nSPS) is 22.6. The maximum absolute atomic E-state index is 10.7. The first kappa shape index (κ1) is 14.4. The number of amides is 1. The summed E-state index contributed by atoms with van der Waals surface area (Å²) in [6, 6.07) is 0. The molecule has 0 bridgehead atoms. The Hall–Kier alpha value is -0.650. The molecule has 2 heterocycles. The summed E-state index contributed by atoms with van der Waals surface area (Å²) in [5, 5.41) is 3.28. The number of nitrogens with zero attached hydrogens (tertiary/aromatic N) is 1. The molecule has 2 rings (SSSR count). The number of carbonyl (C=O) groups excluding carboxylic acids is 1. The topological polar surface area (TPSA) is 84.4 Å². The minimum absolute atomic E-state index is 0.0813. The Morgan fingerprint density at radius 3 is 2.06 bits per heavy atom. The van der Waals surface area contributed by atoms with Crippen LogP contribution in [-0.4, -0.2) is 43.7 Å². The van der Waals surface area contributed by atoms with Crippen LogP contribution in [0.15, 0.2) is 0 Å². The van der Waals surface area contributed by atoms with E-state index in [0.29, 0.717) is 6.67 Å². The van der Waals surface area contributed by atoms with Gasteiger partial charge in [0.25, 0.3) is 0 Å². The van der Waals surface area contributed by atoms with E-state index in [0.717, 1.165) is 25.9 Å². The second-order valence-electron chi connectivity index (χ2n) is 4.79. The number of likely N-dealkylation sites (tertiary alicyclic amines) is 1. The fraction of sp³-hybridized carbons (Fsp3) is 0.917. The van der Waals surface area contributed by atoms with Crippen molar-refractivity contribution < 1.29 is 4.79 Å². The van der Waals surface area contributed by atoms with Gasteiger partial charge in [-0.05, 0) is 38.8 Å². The minimum atomic E-state index is -0.165. The highest BCUT2D eigenvalue weighted by Crippen LogP contribution is 2.15. The number of rotatable bonds is 2. The first-order chi connectivity index (χ1) is 8.24. The van der Waals surface area contributed by atoms with E-state index >= 15 is 0 Å². The van der Waals surface area contributed by atoms with Gasteiger partial charge in [0.15, 0.2) is 0 Å². The quantitative estimate of drug-likeness (QED) is 0.629. The number of primary amides is 1. The molecule has 0 aromatic carbocycles. The second kappa shape index (κ2) is 8.44. The first-order valence-electron chi connectivity index (χ1n) is 6.66. The smallest absolute Gasteiger partial charge is 0.220 e. The molecular formula is C12H26N4O. The maximum atomic E-state index is 10.7. The molecule has 5 heteroatoms. The molecule has 2 fully saturated rings. The van der Waals surface area contributed by atoms with Gasteiger partial charge in [0.2, 0.25) is 5.91 Å². The molecule has 2 aliphatic rings. The van der Waals surface area contributed by atoms with Gasteiger partial charge in [-0.15, -0.1) is 0 Å². The average molecular weight is 242 g/mol. The summed E-state index contributed by atoms with van der Waals surface area (Å²) < 4.78 is 0. The molecule has 0 unspecified atom stereocenters. The van der Waals surface area contributed by atoms with Crippen molar-refractivity contribution in [3.8, 4) is 0 Å². The zero-order valence-electron chi connectivity index (χ0n) is 10.7. The SMILES string of the molecule is C1CCNCC1.NCN1CCC(C(N)=O)CC1. The van der Waals surface area contributed by atoms with E-state index in [-0.39, 0.29) is 11.8 Å². The highest BCUT2D eigenvalue weighted by Gasteiger charge is 2.21. The van der Waals surface area contributed by atoms with Crippen LogP contribution in [-0.2, 0) is 4.79 Å². The Morgan fingerprint density at radius 2 is 1.76 bits per heavy atom. The molecule has 17 heavy (non-hydrogen) atoms. The third-order valence-electron chi connectivity index (χ3n) is 3.46. The van der Waals surface area contributed by atoms with Gasteiger partial charge in [0.05, 0.1) is 0 Å². The van der Waals surface area contributed by atoms with Crippen molar-refractivity contribution in [3.05, 3.63) is 0 Å². The maximum Gasteiger partial charge on any atom is 0.220 e. The fourth-order valence-electron chi connectivity index (χ4n) is 2.20. The van der Waals surface area contributed by atoms with E-state index in [1.807, 2.05) is 0 Å². The van der Waals surface area contributed by atoms with Gasteiger partial charge in [-0.25, -0.2) is 0 Å². The average Bonchev–Trinajstić information content (AvgIpc) is 2.41. The van der Waals surface area contributed by atoms with Gasteiger partial charge in [0, 0.05) is 25.7 Å². The van der Waals surface area contributed by atoms with E-state index in [1.165, 1.54) is 32.4 Å². The summed E-state index contributed by atoms with van der Waals surface area (Å²) >= 11 is 0. The molecule has 100 valence electrons. The van der Waals surface area contributed by atoms with Crippen LogP contribution in [0.3, 0.4) is 0 Å². The summed E-state index contributed by atoms with van der Waals surface area (Å²) in [4.78, 5) is 12.8. The molecule has 0 spiro atoms. The van der Waals surface area contributed by atoms with Crippen LogP contribution in [0.2, 0.25) is 0 Å². The molecule has 0 aromatic heterocycles. The summed E-state index contributed by atoms with van der Waals surface area (Å²) in [7, 11) is 0. The van der Waals surface area contributed by atoms with E-state index in [4.69, 9.17) is 11.5 Å². The molecule has 2 aliphatic heterocycles. The fourth-order valence-corrected chi connectivity index (χ4v) is 2.20. The molecule has 1 amide bonds. The summed E-state index contributed by atoms with van der Waals surface area (Å²) in [6.07, 6.45) is 5.95. The Morgan fingerprint density at radius 1 is 1.18 bits per heavy atom. The van der Waals surface area contributed by atoms with E-state index in [2.05, 4.69) is 10.2 Å². The number of carbonyl (C=O) groups is 1. The van der Waals surface area contributed by atoms with Crippen molar-refractivity contribution in [2.24, 2.45) is 17.4 Å². The van der Waals surface area contributed by atoms with E-state index < -0.39 is 0 Å². The molecule has 0 saturated carbocycles. The highest BCUT2D eigenvalue weighted by atomic mass is 16.1. The largest absolute Gasteiger partial charge is 0.369 e. The number of hydrogen-bond donors (Lipinski definition) is 3. The third kappa shape index (κ3) is 6.00. The minimum Gasteiger partial charge on any atom is -0.369 e. The highest BCUT2D eigenvalue weighted by molar-refractivity contribution is 5.76. The number of hydrogen-bond acceptors (Lipinski definition) is 4. The molecular weight excluding hydrogens is 216 g/mol. The van der Waals surface area contributed by atoms with Crippen molar-refractivity contribution in [1.29, 1.82) is 0 Å². The molecule has 0 aliphatic carbocycles. The van der Waals surface area contributed by atoms with Crippen molar-refractivity contribution in [1.82, 2.24) is 10.2 Å². The molecule has 5 nitrogen and oxygen atoms in total. The van der Waals surface area contributed by atoms with E-state index in [1.54, 1.807) is 0 Å². The molecule has 0 radical (unpaired) electrons. The Balaban J connectivity index is 0.000000202. The predicted octanol–water partition coefficient (Wildman–Crippen LogP) is -0.140. The van der Waals surface area contributed by atoms with Crippen LogP contribution in [0.5, 0.6) is 0 Å². The summed E-state index contributed by atoms with van der Waals surface area (Å²) in [5.41, 5.74) is 10.6. The lowest BCUT2D eigenvalue weighted by Crippen LogP contribution is -2.41. The van der Waals surface area contributed by atoms with Gasteiger partial charge < -0.3 is 16.8 Å². The van der Waals surface area contributed by atoms with Crippen LogP contribution >= 0.6 is 0 Å². The molecule has 2 saturated heterocycles. The first-order valence-corrected chi connectivity index (χ1v) is 6.66. The third-order valence-corrected chi connectivity index (χ3v) is 3.46. The monoisotopic (exact) mass is 242 g/mol. The van der Waals surface area contributed by atoms with Crippen LogP contribution in [0.25, 0.3) is 0 Å². The summed E-state index contributed by atoms with van der Waals surface area (Å²) in [5.74, 6) is -0.0838. The lowest BCUT2D eigenvalue weighted by molar-refractivity contribution is -0.123. The Labute approximate surface area is 104 Å². The van der Waals surface area contributed by atoms with Gasteiger partial charge in [-0.1, -0.05) is 6.42 Å². The molecule has 5 N–H and O–H groups in total. The lowest BCUT2D eigenvalue weighted by atomic mass is 9.97.